The number of carbonyl (C=O) groups excluding carboxylic acids is 1. The summed E-state index contributed by atoms with van der Waals surface area (Å²) in [6, 6.07) is 4.77. The van der Waals surface area contributed by atoms with E-state index in [0.29, 0.717) is 23.5 Å². The summed E-state index contributed by atoms with van der Waals surface area (Å²) >= 11 is 1.48. The molecule has 0 aliphatic carbocycles. The van der Waals surface area contributed by atoms with E-state index >= 15 is 0 Å². The number of aliphatic hydroxyl groups is 1. The molecular weight excluding hydrogens is 291 g/mol. The van der Waals surface area contributed by atoms with Gasteiger partial charge in [0, 0.05) is 12.3 Å². The number of carbonyl (C=O) groups is 1. The number of halogens is 3. The van der Waals surface area contributed by atoms with Crippen molar-refractivity contribution in [1.29, 1.82) is 0 Å². The highest BCUT2D eigenvalue weighted by molar-refractivity contribution is 7.99. The van der Waals surface area contributed by atoms with Crippen molar-refractivity contribution in [3.05, 3.63) is 35.4 Å². The highest BCUT2D eigenvalue weighted by Crippen LogP contribution is 2.30. The van der Waals surface area contributed by atoms with Gasteiger partial charge in [0.15, 0.2) is 5.60 Å². The molecule has 1 aliphatic rings. The fourth-order valence-corrected chi connectivity index (χ4v) is 3.18. The molecule has 0 saturated carbocycles. The van der Waals surface area contributed by atoms with Crippen LogP contribution in [0.1, 0.15) is 17.5 Å². The Morgan fingerprint density at radius 3 is 2.80 bits per heavy atom. The van der Waals surface area contributed by atoms with Gasteiger partial charge in [0.1, 0.15) is 0 Å². The maximum absolute atomic E-state index is 12.5. The summed E-state index contributed by atoms with van der Waals surface area (Å²) in [6.45, 7) is -0.0320. The topological polar surface area (TPSA) is 49.3 Å². The monoisotopic (exact) mass is 305 g/mol. The van der Waals surface area contributed by atoms with Crippen LogP contribution >= 0.6 is 11.8 Å². The zero-order valence-electron chi connectivity index (χ0n) is 10.5. The summed E-state index contributed by atoms with van der Waals surface area (Å²) in [5, 5.41) is 12.5. The Kier molecular flexibility index (Phi) is 4.29. The lowest BCUT2D eigenvalue weighted by Gasteiger charge is -2.20. The lowest BCUT2D eigenvalue weighted by molar-refractivity contribution is -0.137. The Morgan fingerprint density at radius 1 is 1.45 bits per heavy atom. The Labute approximate surface area is 118 Å². The molecule has 0 aromatic heterocycles. The number of amides is 1. The molecule has 2 rings (SSSR count). The third kappa shape index (κ3) is 3.46. The predicted molar refractivity (Wildman–Crippen MR) is 70.2 cm³/mol. The minimum atomic E-state index is -4.40. The Bertz CT molecular complexity index is 499. The summed E-state index contributed by atoms with van der Waals surface area (Å²) < 4.78 is 37.6. The number of hydrogen-bond acceptors (Lipinski definition) is 3. The third-order valence-corrected chi connectivity index (χ3v) is 4.31. The minimum Gasteiger partial charge on any atom is -0.379 e. The van der Waals surface area contributed by atoms with Crippen LogP contribution in [0.15, 0.2) is 24.3 Å². The van der Waals surface area contributed by atoms with E-state index in [2.05, 4.69) is 5.32 Å². The molecule has 2 N–H and O–H groups in total. The van der Waals surface area contributed by atoms with Crippen LogP contribution < -0.4 is 5.32 Å². The molecule has 20 heavy (non-hydrogen) atoms. The van der Waals surface area contributed by atoms with Crippen LogP contribution in [-0.4, -0.2) is 28.1 Å². The smallest absolute Gasteiger partial charge is 0.379 e. The number of rotatable bonds is 3. The van der Waals surface area contributed by atoms with Crippen LogP contribution in [0.3, 0.4) is 0 Å². The van der Waals surface area contributed by atoms with Gasteiger partial charge in [-0.15, -0.1) is 0 Å². The Morgan fingerprint density at radius 2 is 2.20 bits per heavy atom. The van der Waals surface area contributed by atoms with Crippen molar-refractivity contribution in [2.75, 3.05) is 11.5 Å². The minimum absolute atomic E-state index is 0.0320. The second-order valence-corrected chi connectivity index (χ2v) is 5.82. The molecule has 0 spiro atoms. The highest BCUT2D eigenvalue weighted by atomic mass is 32.2. The van der Waals surface area contributed by atoms with Crippen molar-refractivity contribution in [1.82, 2.24) is 5.32 Å². The summed E-state index contributed by atoms with van der Waals surface area (Å²) in [4.78, 5) is 11.8. The average Bonchev–Trinajstić information content (AvgIpc) is 2.83. The molecule has 1 atom stereocenters. The van der Waals surface area contributed by atoms with Gasteiger partial charge in [-0.1, -0.05) is 12.1 Å². The molecule has 1 aromatic carbocycles. The molecule has 0 radical (unpaired) electrons. The summed E-state index contributed by atoms with van der Waals surface area (Å²) in [6.07, 6.45) is -4.04. The van der Waals surface area contributed by atoms with Crippen molar-refractivity contribution < 1.29 is 23.1 Å². The summed E-state index contributed by atoms with van der Waals surface area (Å²) in [5.74, 6) is 0.495. The molecule has 3 nitrogen and oxygen atoms in total. The molecule has 1 aliphatic heterocycles. The van der Waals surface area contributed by atoms with Gasteiger partial charge in [-0.2, -0.15) is 24.9 Å². The van der Waals surface area contributed by atoms with E-state index in [4.69, 9.17) is 0 Å². The van der Waals surface area contributed by atoms with E-state index in [0.717, 1.165) is 12.1 Å². The summed E-state index contributed by atoms with van der Waals surface area (Å²) in [7, 11) is 0. The fraction of sp³-hybridized carbons (Fsp3) is 0.462. The largest absolute Gasteiger partial charge is 0.416 e. The molecule has 1 saturated heterocycles. The molecule has 1 aromatic rings. The van der Waals surface area contributed by atoms with Gasteiger partial charge in [-0.05, 0) is 29.9 Å². The zero-order valence-corrected chi connectivity index (χ0v) is 11.4. The fourth-order valence-electron chi connectivity index (χ4n) is 1.94. The Hall–Kier alpha value is -1.21. The number of thioether (sulfide) groups is 1. The number of nitrogens with one attached hydrogen (secondary N) is 1. The van der Waals surface area contributed by atoms with Gasteiger partial charge in [0.2, 0.25) is 0 Å². The normalized spacial score (nSPS) is 22.8. The van der Waals surface area contributed by atoms with Crippen LogP contribution in [-0.2, 0) is 17.5 Å². The molecule has 0 bridgehead atoms. The van der Waals surface area contributed by atoms with Gasteiger partial charge in [-0.3, -0.25) is 4.79 Å². The second-order valence-electron chi connectivity index (χ2n) is 4.71. The SMILES string of the molecule is O=C(NCc1cccc(C(F)(F)F)c1)C1(O)CCSC1. The van der Waals surface area contributed by atoms with Crippen LogP contribution in [0.4, 0.5) is 13.2 Å². The number of alkyl halides is 3. The van der Waals surface area contributed by atoms with E-state index < -0.39 is 23.2 Å². The molecule has 7 heteroatoms. The van der Waals surface area contributed by atoms with Crippen LogP contribution in [0.25, 0.3) is 0 Å². The van der Waals surface area contributed by atoms with Gasteiger partial charge in [0.05, 0.1) is 5.56 Å². The quantitative estimate of drug-likeness (QED) is 0.900. The molecule has 1 amide bonds. The van der Waals surface area contributed by atoms with Gasteiger partial charge in [-0.25, -0.2) is 0 Å². The van der Waals surface area contributed by atoms with E-state index in [1.165, 1.54) is 23.9 Å². The first kappa shape index (κ1) is 15.2. The highest BCUT2D eigenvalue weighted by Gasteiger charge is 2.39. The molecule has 1 heterocycles. The van der Waals surface area contributed by atoms with Gasteiger partial charge < -0.3 is 10.4 Å². The van der Waals surface area contributed by atoms with Crippen LogP contribution in [0, 0.1) is 0 Å². The van der Waals surface area contributed by atoms with Crippen molar-refractivity contribution in [3.8, 4) is 0 Å². The van der Waals surface area contributed by atoms with Crippen molar-refractivity contribution in [2.45, 2.75) is 24.7 Å². The van der Waals surface area contributed by atoms with Gasteiger partial charge in [0.25, 0.3) is 5.91 Å². The first-order valence-electron chi connectivity index (χ1n) is 6.06. The zero-order chi connectivity index (χ0) is 14.8. The average molecular weight is 305 g/mol. The molecule has 1 unspecified atom stereocenters. The predicted octanol–water partition coefficient (Wildman–Crippen LogP) is 2.19. The lowest BCUT2D eigenvalue weighted by Crippen LogP contribution is -2.46. The molecule has 1 fully saturated rings. The van der Waals surface area contributed by atoms with Crippen molar-refractivity contribution >= 4 is 17.7 Å². The first-order valence-corrected chi connectivity index (χ1v) is 7.21. The van der Waals surface area contributed by atoms with E-state index in [1.54, 1.807) is 0 Å². The van der Waals surface area contributed by atoms with Gasteiger partial charge >= 0.3 is 6.18 Å². The maximum Gasteiger partial charge on any atom is 0.416 e. The van der Waals surface area contributed by atoms with E-state index in [-0.39, 0.29) is 6.54 Å². The van der Waals surface area contributed by atoms with Crippen molar-refractivity contribution in [2.24, 2.45) is 0 Å². The maximum atomic E-state index is 12.5. The first-order chi connectivity index (χ1) is 9.31. The lowest BCUT2D eigenvalue weighted by atomic mass is 10.0. The number of benzene rings is 1. The number of hydrogen-bond donors (Lipinski definition) is 2. The second kappa shape index (κ2) is 5.65. The van der Waals surface area contributed by atoms with Crippen LogP contribution in [0.5, 0.6) is 0 Å². The van der Waals surface area contributed by atoms with Crippen molar-refractivity contribution in [3.63, 3.8) is 0 Å². The standard InChI is InChI=1S/C13H14F3NO2S/c14-13(15,16)10-3-1-2-9(6-10)7-17-11(18)12(19)4-5-20-8-12/h1-3,6,19H,4-5,7-8H2,(H,17,18). The summed E-state index contributed by atoms with van der Waals surface area (Å²) in [5.41, 5.74) is -1.80. The van der Waals surface area contributed by atoms with E-state index in [9.17, 15) is 23.1 Å². The Balaban J connectivity index is 1.99. The van der Waals surface area contributed by atoms with Crippen LogP contribution in [0.2, 0.25) is 0 Å². The van der Waals surface area contributed by atoms with E-state index in [1.807, 2.05) is 0 Å². The third-order valence-electron chi connectivity index (χ3n) is 3.13. The molecular formula is C13H14F3NO2S. The molecule has 110 valence electrons.